The van der Waals surface area contributed by atoms with Crippen LogP contribution >= 0.6 is 11.6 Å². The van der Waals surface area contributed by atoms with Gasteiger partial charge in [-0.1, -0.05) is 29.8 Å². The van der Waals surface area contributed by atoms with E-state index < -0.39 is 0 Å². The lowest BCUT2D eigenvalue weighted by atomic mass is 9.99. The van der Waals surface area contributed by atoms with Crippen molar-refractivity contribution in [3.8, 4) is 5.75 Å². The molecular formula is C27H28ClN3O3. The van der Waals surface area contributed by atoms with Crippen molar-refractivity contribution in [2.45, 2.75) is 26.4 Å². The van der Waals surface area contributed by atoms with Crippen molar-refractivity contribution in [1.29, 1.82) is 0 Å². The molecule has 1 aliphatic rings. The number of nitrogens with one attached hydrogen (secondary N) is 2. The minimum Gasteiger partial charge on any atom is -0.492 e. The lowest BCUT2D eigenvalue weighted by Gasteiger charge is -2.25. The summed E-state index contributed by atoms with van der Waals surface area (Å²) < 4.78 is 5.41. The molecule has 0 aliphatic carbocycles. The zero-order valence-corrected chi connectivity index (χ0v) is 20.1. The second kappa shape index (κ2) is 10.7. The molecule has 2 amide bonds. The Morgan fingerprint density at radius 1 is 1.00 bits per heavy atom. The number of amides is 2. The van der Waals surface area contributed by atoms with Gasteiger partial charge < -0.3 is 20.3 Å². The summed E-state index contributed by atoms with van der Waals surface area (Å²) in [5.41, 5.74) is 5.17. The summed E-state index contributed by atoms with van der Waals surface area (Å²) in [6.07, 6.45) is 1.02. The summed E-state index contributed by atoms with van der Waals surface area (Å²) >= 11 is 6.19. The van der Waals surface area contributed by atoms with Gasteiger partial charge in [-0.2, -0.15) is 0 Å². The molecule has 3 aromatic rings. The van der Waals surface area contributed by atoms with Crippen molar-refractivity contribution in [3.63, 3.8) is 0 Å². The predicted octanol–water partition coefficient (Wildman–Crippen LogP) is 4.91. The highest BCUT2D eigenvalue weighted by atomic mass is 35.5. The van der Waals surface area contributed by atoms with Crippen LogP contribution in [0.15, 0.2) is 60.7 Å². The topological polar surface area (TPSA) is 70.7 Å². The monoisotopic (exact) mass is 477 g/mol. The van der Waals surface area contributed by atoms with Crippen molar-refractivity contribution in [1.82, 2.24) is 10.2 Å². The molecule has 0 unspecified atom stereocenters. The van der Waals surface area contributed by atoms with Crippen LogP contribution in [-0.2, 0) is 19.5 Å². The number of hydrogen-bond donors (Lipinski definition) is 2. The quantitative estimate of drug-likeness (QED) is 0.507. The number of likely N-dealkylation sites (N-methyl/N-ethyl adjacent to an activating group) is 1. The lowest BCUT2D eigenvalue weighted by molar-refractivity contribution is 0.0950. The first-order valence-electron chi connectivity index (χ1n) is 11.3. The molecule has 0 aromatic heterocycles. The number of fused-ring (bicyclic) bond motifs is 1. The van der Waals surface area contributed by atoms with Gasteiger partial charge in [-0.25, -0.2) is 0 Å². The Morgan fingerprint density at radius 3 is 2.62 bits per heavy atom. The number of rotatable bonds is 7. The van der Waals surface area contributed by atoms with Gasteiger partial charge in [0.05, 0.1) is 11.6 Å². The van der Waals surface area contributed by atoms with E-state index in [4.69, 9.17) is 16.3 Å². The van der Waals surface area contributed by atoms with Crippen molar-refractivity contribution >= 4 is 29.1 Å². The number of halogens is 1. The first kappa shape index (κ1) is 23.8. The summed E-state index contributed by atoms with van der Waals surface area (Å²) in [6.45, 7) is 4.59. The number of ether oxygens (including phenoxy) is 1. The molecule has 7 heteroatoms. The smallest absolute Gasteiger partial charge is 0.255 e. The third-order valence-electron chi connectivity index (χ3n) is 5.80. The molecule has 2 N–H and O–H groups in total. The summed E-state index contributed by atoms with van der Waals surface area (Å²) in [5, 5.41) is 6.26. The number of hydrogen-bond acceptors (Lipinski definition) is 4. The van der Waals surface area contributed by atoms with Crippen LogP contribution in [-0.4, -0.2) is 36.9 Å². The van der Waals surface area contributed by atoms with Crippen LogP contribution in [0.5, 0.6) is 5.75 Å². The fourth-order valence-electron chi connectivity index (χ4n) is 4.00. The van der Waals surface area contributed by atoms with Gasteiger partial charge in [0.15, 0.2) is 0 Å². The molecule has 0 spiro atoms. The number of nitrogens with zero attached hydrogens (tertiary/aromatic N) is 1. The summed E-state index contributed by atoms with van der Waals surface area (Å²) in [7, 11) is 2.10. The van der Waals surface area contributed by atoms with Gasteiger partial charge in [-0.05, 0) is 79.5 Å². The standard InChI is InChI=1S/C27H28ClN3O3/c1-3-34-25-10-8-21(15-24(25)28)26(32)29-16-18-5-4-6-20(13-18)27(33)30-23-9-7-19-11-12-31(2)17-22(19)14-23/h4-10,13-15H,3,11-12,16-17H2,1-2H3,(H,29,32)(H,30,33). The Bertz CT molecular complexity index is 1210. The van der Waals surface area contributed by atoms with E-state index >= 15 is 0 Å². The number of carbonyl (C=O) groups excluding carboxylic acids is 2. The molecule has 6 nitrogen and oxygen atoms in total. The molecular weight excluding hydrogens is 450 g/mol. The molecule has 0 fully saturated rings. The fraction of sp³-hybridized carbons (Fsp3) is 0.259. The third-order valence-corrected chi connectivity index (χ3v) is 6.10. The van der Waals surface area contributed by atoms with Crippen molar-refractivity contribution in [3.05, 3.63) is 93.5 Å². The maximum absolute atomic E-state index is 12.8. The Morgan fingerprint density at radius 2 is 1.82 bits per heavy atom. The second-order valence-corrected chi connectivity index (χ2v) is 8.79. The average Bonchev–Trinajstić information content (AvgIpc) is 2.83. The molecule has 3 aromatic carbocycles. The average molecular weight is 478 g/mol. The highest BCUT2D eigenvalue weighted by Crippen LogP contribution is 2.25. The van der Waals surface area contributed by atoms with Crippen molar-refractivity contribution < 1.29 is 14.3 Å². The first-order chi connectivity index (χ1) is 16.4. The minimum atomic E-state index is -0.251. The molecule has 1 heterocycles. The van der Waals surface area contributed by atoms with Gasteiger partial charge in [-0.15, -0.1) is 0 Å². The van der Waals surface area contributed by atoms with E-state index in [9.17, 15) is 9.59 Å². The molecule has 0 atom stereocenters. The van der Waals surface area contributed by atoms with Crippen LogP contribution in [0.4, 0.5) is 5.69 Å². The Hall–Kier alpha value is -3.35. The molecule has 0 saturated heterocycles. The van der Waals surface area contributed by atoms with Gasteiger partial charge >= 0.3 is 0 Å². The SMILES string of the molecule is CCOc1ccc(C(=O)NCc2cccc(C(=O)Nc3ccc4c(c3)CN(C)CC4)c2)cc1Cl. The van der Waals surface area contributed by atoms with Crippen LogP contribution in [0.25, 0.3) is 0 Å². The Kier molecular flexibility index (Phi) is 7.50. The number of carbonyl (C=O) groups is 2. The maximum Gasteiger partial charge on any atom is 0.255 e. The van der Waals surface area contributed by atoms with Crippen LogP contribution in [0.1, 0.15) is 44.3 Å². The molecule has 0 bridgehead atoms. The Balaban J connectivity index is 1.38. The highest BCUT2D eigenvalue weighted by molar-refractivity contribution is 6.32. The fourth-order valence-corrected chi connectivity index (χ4v) is 4.24. The van der Waals surface area contributed by atoms with Gasteiger partial charge in [0.25, 0.3) is 11.8 Å². The van der Waals surface area contributed by atoms with Gasteiger partial charge in [0, 0.05) is 36.4 Å². The minimum absolute atomic E-state index is 0.185. The van der Waals surface area contributed by atoms with Gasteiger partial charge in [0.1, 0.15) is 5.75 Å². The number of benzene rings is 3. The second-order valence-electron chi connectivity index (χ2n) is 8.39. The van der Waals surface area contributed by atoms with E-state index in [1.54, 1.807) is 30.3 Å². The van der Waals surface area contributed by atoms with E-state index in [1.165, 1.54) is 11.1 Å². The zero-order chi connectivity index (χ0) is 24.1. The van der Waals surface area contributed by atoms with Crippen molar-refractivity contribution in [2.24, 2.45) is 0 Å². The normalized spacial score (nSPS) is 13.1. The van der Waals surface area contributed by atoms with Gasteiger partial charge in [-0.3, -0.25) is 9.59 Å². The van der Waals surface area contributed by atoms with E-state index in [-0.39, 0.29) is 18.4 Å². The summed E-state index contributed by atoms with van der Waals surface area (Å²) in [4.78, 5) is 27.7. The third kappa shape index (κ3) is 5.76. The highest BCUT2D eigenvalue weighted by Gasteiger charge is 2.15. The largest absolute Gasteiger partial charge is 0.492 e. The Labute approximate surface area is 204 Å². The molecule has 1 aliphatic heterocycles. The van der Waals surface area contributed by atoms with Gasteiger partial charge in [0.2, 0.25) is 0 Å². The van der Waals surface area contributed by atoms with Crippen molar-refractivity contribution in [2.75, 3.05) is 25.5 Å². The lowest BCUT2D eigenvalue weighted by Crippen LogP contribution is -2.26. The molecule has 0 saturated carbocycles. The molecule has 176 valence electrons. The first-order valence-corrected chi connectivity index (χ1v) is 11.7. The summed E-state index contributed by atoms with van der Waals surface area (Å²) in [5.74, 6) is 0.111. The molecule has 4 rings (SSSR count). The van der Waals surface area contributed by atoms with E-state index in [0.717, 1.165) is 30.8 Å². The van der Waals surface area contributed by atoms with Crippen LogP contribution < -0.4 is 15.4 Å². The van der Waals surface area contributed by atoms with E-state index in [0.29, 0.717) is 28.5 Å². The van der Waals surface area contributed by atoms with Crippen LogP contribution in [0, 0.1) is 0 Å². The predicted molar refractivity (Wildman–Crippen MR) is 135 cm³/mol. The maximum atomic E-state index is 12.8. The van der Waals surface area contributed by atoms with E-state index in [1.807, 2.05) is 25.1 Å². The number of anilines is 1. The van der Waals surface area contributed by atoms with Crippen LogP contribution in [0.2, 0.25) is 5.02 Å². The zero-order valence-electron chi connectivity index (χ0n) is 19.4. The van der Waals surface area contributed by atoms with E-state index in [2.05, 4.69) is 34.7 Å². The molecule has 0 radical (unpaired) electrons. The van der Waals surface area contributed by atoms with Crippen LogP contribution in [0.3, 0.4) is 0 Å². The molecule has 34 heavy (non-hydrogen) atoms. The summed E-state index contributed by atoms with van der Waals surface area (Å²) in [6, 6.07) is 18.3.